The highest BCUT2D eigenvalue weighted by Gasteiger charge is 2.22. The van der Waals surface area contributed by atoms with E-state index in [9.17, 15) is 14.4 Å². The molecular weight excluding hydrogens is 384 g/mol. The molecule has 0 aliphatic heterocycles. The second-order valence-corrected chi connectivity index (χ2v) is 7.19. The van der Waals surface area contributed by atoms with E-state index in [1.165, 1.54) is 4.57 Å². The molecule has 0 fully saturated rings. The zero-order valence-electron chi connectivity index (χ0n) is 17.7. The van der Waals surface area contributed by atoms with Gasteiger partial charge in [0, 0.05) is 13.1 Å². The number of H-pyrrole nitrogens is 1. The summed E-state index contributed by atoms with van der Waals surface area (Å²) in [6.07, 6.45) is 2.31. The molecule has 2 aromatic heterocycles. The number of ether oxygens (including phenoxy) is 1. The second kappa shape index (κ2) is 9.56. The van der Waals surface area contributed by atoms with Crippen molar-refractivity contribution in [2.75, 3.05) is 0 Å². The number of carbonyl (C=O) groups is 1. The van der Waals surface area contributed by atoms with E-state index >= 15 is 0 Å². The lowest BCUT2D eigenvalue weighted by Crippen LogP contribution is -2.31. The Morgan fingerprint density at radius 1 is 1.13 bits per heavy atom. The molecule has 0 amide bonds. The van der Waals surface area contributed by atoms with Crippen LogP contribution in [0.4, 0.5) is 0 Å². The fraction of sp³-hybridized carbons (Fsp3) is 0.455. The maximum atomic E-state index is 12.7. The average Bonchev–Trinajstić information content (AvgIpc) is 3.12. The standard InChI is InChI=1S/C22H28N4O4/c1-4-7-13-26-19-18(20(27)24-22(26)29)25(6-3)17(23-19)14-30-21(28)16(5-2)15-11-9-8-10-12-15/h8-12,16H,4-7,13-14H2,1-3H3,(H,24,27,29)/t16-/m1/s1. The largest absolute Gasteiger partial charge is 0.457 e. The van der Waals surface area contributed by atoms with E-state index in [1.807, 2.05) is 51.1 Å². The Morgan fingerprint density at radius 2 is 1.87 bits per heavy atom. The summed E-state index contributed by atoms with van der Waals surface area (Å²) in [6, 6.07) is 9.50. The smallest absolute Gasteiger partial charge is 0.330 e. The summed E-state index contributed by atoms with van der Waals surface area (Å²) in [7, 11) is 0. The van der Waals surface area contributed by atoms with Gasteiger partial charge in [0.05, 0.1) is 5.92 Å². The molecule has 160 valence electrons. The highest BCUT2D eigenvalue weighted by molar-refractivity contribution is 5.78. The molecule has 3 aromatic rings. The lowest BCUT2D eigenvalue weighted by Gasteiger charge is -2.14. The zero-order valence-corrected chi connectivity index (χ0v) is 17.7. The number of nitrogens with zero attached hydrogens (tertiary/aromatic N) is 3. The van der Waals surface area contributed by atoms with Crippen molar-refractivity contribution in [3.63, 3.8) is 0 Å². The predicted molar refractivity (Wildman–Crippen MR) is 114 cm³/mol. The van der Waals surface area contributed by atoms with Crippen molar-refractivity contribution in [3.8, 4) is 0 Å². The number of rotatable bonds is 9. The summed E-state index contributed by atoms with van der Waals surface area (Å²) in [4.78, 5) is 44.4. The number of aryl methyl sites for hydroxylation is 2. The zero-order chi connectivity index (χ0) is 21.7. The van der Waals surface area contributed by atoms with Crippen molar-refractivity contribution in [2.45, 2.75) is 65.6 Å². The number of fused-ring (bicyclic) bond motifs is 1. The van der Waals surface area contributed by atoms with Gasteiger partial charge in [0.25, 0.3) is 5.56 Å². The van der Waals surface area contributed by atoms with Gasteiger partial charge in [-0.25, -0.2) is 9.78 Å². The van der Waals surface area contributed by atoms with E-state index in [-0.39, 0.29) is 18.5 Å². The lowest BCUT2D eigenvalue weighted by atomic mass is 9.97. The minimum atomic E-state index is -0.481. The van der Waals surface area contributed by atoms with Crippen LogP contribution in [0.5, 0.6) is 0 Å². The molecule has 0 bridgehead atoms. The van der Waals surface area contributed by atoms with E-state index in [0.717, 1.165) is 18.4 Å². The summed E-state index contributed by atoms with van der Waals surface area (Å²) in [5.74, 6) is -0.252. The third-order valence-corrected chi connectivity index (χ3v) is 5.25. The van der Waals surface area contributed by atoms with E-state index in [0.29, 0.717) is 36.5 Å². The minimum Gasteiger partial charge on any atom is -0.457 e. The van der Waals surface area contributed by atoms with Gasteiger partial charge in [-0.3, -0.25) is 19.1 Å². The first-order chi connectivity index (χ1) is 14.5. The Labute approximate surface area is 174 Å². The topological polar surface area (TPSA) is 99.0 Å². The summed E-state index contributed by atoms with van der Waals surface area (Å²) in [6.45, 7) is 6.72. The van der Waals surface area contributed by atoms with Gasteiger partial charge in [-0.2, -0.15) is 0 Å². The lowest BCUT2D eigenvalue weighted by molar-refractivity contribution is -0.147. The van der Waals surface area contributed by atoms with Crippen molar-refractivity contribution in [2.24, 2.45) is 0 Å². The van der Waals surface area contributed by atoms with Gasteiger partial charge in [0.2, 0.25) is 0 Å². The van der Waals surface area contributed by atoms with Crippen LogP contribution >= 0.6 is 0 Å². The summed E-state index contributed by atoms with van der Waals surface area (Å²) >= 11 is 0. The number of unbranched alkanes of at least 4 members (excludes halogenated alkanes) is 1. The van der Waals surface area contributed by atoms with Crippen LogP contribution in [-0.4, -0.2) is 25.1 Å². The molecule has 30 heavy (non-hydrogen) atoms. The maximum absolute atomic E-state index is 12.7. The van der Waals surface area contributed by atoms with Gasteiger partial charge < -0.3 is 9.30 Å². The Balaban J connectivity index is 1.92. The van der Waals surface area contributed by atoms with Crippen LogP contribution in [0.3, 0.4) is 0 Å². The first kappa shape index (κ1) is 21.5. The van der Waals surface area contributed by atoms with Gasteiger partial charge in [-0.1, -0.05) is 50.6 Å². The summed E-state index contributed by atoms with van der Waals surface area (Å²) < 4.78 is 8.76. The molecule has 0 spiro atoms. The predicted octanol–water partition coefficient (Wildman–Crippen LogP) is 2.94. The summed E-state index contributed by atoms with van der Waals surface area (Å²) in [5, 5.41) is 0. The van der Waals surface area contributed by atoms with Gasteiger partial charge >= 0.3 is 11.7 Å². The number of aromatic nitrogens is 4. The second-order valence-electron chi connectivity index (χ2n) is 7.19. The van der Waals surface area contributed by atoms with Crippen LogP contribution in [0.1, 0.15) is 57.3 Å². The highest BCUT2D eigenvalue weighted by atomic mass is 16.5. The molecule has 0 saturated heterocycles. The molecule has 1 N–H and O–H groups in total. The fourth-order valence-electron chi connectivity index (χ4n) is 3.65. The summed E-state index contributed by atoms with van der Waals surface area (Å²) in [5.41, 5.74) is 0.610. The number of aromatic amines is 1. The van der Waals surface area contributed by atoms with Crippen molar-refractivity contribution >= 4 is 17.1 Å². The molecule has 1 atom stereocenters. The van der Waals surface area contributed by atoms with E-state index in [4.69, 9.17) is 4.74 Å². The monoisotopic (exact) mass is 412 g/mol. The Kier molecular flexibility index (Phi) is 6.87. The SMILES string of the molecule is CCCCn1c(=O)[nH]c(=O)c2c1nc(COC(=O)[C@H](CC)c1ccccc1)n2CC. The first-order valence-corrected chi connectivity index (χ1v) is 10.5. The molecule has 0 aliphatic rings. The number of nitrogens with one attached hydrogen (secondary N) is 1. The van der Waals surface area contributed by atoms with Gasteiger partial charge in [-0.05, 0) is 25.3 Å². The quantitative estimate of drug-likeness (QED) is 0.545. The van der Waals surface area contributed by atoms with E-state index in [2.05, 4.69) is 9.97 Å². The molecule has 8 nitrogen and oxygen atoms in total. The number of imidazole rings is 1. The fourth-order valence-corrected chi connectivity index (χ4v) is 3.65. The molecule has 2 heterocycles. The number of hydrogen-bond donors (Lipinski definition) is 1. The number of hydrogen-bond acceptors (Lipinski definition) is 5. The molecule has 0 saturated carbocycles. The average molecular weight is 412 g/mol. The third kappa shape index (κ3) is 4.22. The molecule has 0 aliphatic carbocycles. The molecule has 8 heteroatoms. The highest BCUT2D eigenvalue weighted by Crippen LogP contribution is 2.22. The van der Waals surface area contributed by atoms with E-state index < -0.39 is 11.2 Å². The first-order valence-electron chi connectivity index (χ1n) is 10.5. The van der Waals surface area contributed by atoms with Crippen LogP contribution in [0.15, 0.2) is 39.9 Å². The normalized spacial score (nSPS) is 12.2. The Bertz CT molecular complexity index is 1130. The van der Waals surface area contributed by atoms with Crippen LogP contribution in [0.2, 0.25) is 0 Å². The molecule has 0 radical (unpaired) electrons. The van der Waals surface area contributed by atoms with Gasteiger partial charge in [0.1, 0.15) is 12.4 Å². The molecule has 1 aromatic carbocycles. The molecule has 0 unspecified atom stereocenters. The third-order valence-electron chi connectivity index (χ3n) is 5.25. The maximum Gasteiger partial charge on any atom is 0.330 e. The van der Waals surface area contributed by atoms with Crippen LogP contribution in [0.25, 0.3) is 11.2 Å². The van der Waals surface area contributed by atoms with Crippen LogP contribution < -0.4 is 11.2 Å². The van der Waals surface area contributed by atoms with Crippen molar-refractivity contribution in [3.05, 3.63) is 62.6 Å². The molecule has 3 rings (SSSR count). The number of carbonyl (C=O) groups excluding carboxylic acids is 1. The number of benzene rings is 1. The van der Waals surface area contributed by atoms with Gasteiger partial charge in [0.15, 0.2) is 11.2 Å². The Morgan fingerprint density at radius 3 is 2.50 bits per heavy atom. The Hall–Kier alpha value is -3.16. The van der Waals surface area contributed by atoms with Crippen molar-refractivity contribution < 1.29 is 9.53 Å². The van der Waals surface area contributed by atoms with Crippen LogP contribution in [0, 0.1) is 0 Å². The van der Waals surface area contributed by atoms with Crippen molar-refractivity contribution in [1.29, 1.82) is 0 Å². The van der Waals surface area contributed by atoms with Gasteiger partial charge in [-0.15, -0.1) is 0 Å². The number of esters is 1. The van der Waals surface area contributed by atoms with Crippen molar-refractivity contribution in [1.82, 2.24) is 19.1 Å². The molecular formula is C22H28N4O4. The van der Waals surface area contributed by atoms with Crippen LogP contribution in [-0.2, 0) is 29.2 Å². The van der Waals surface area contributed by atoms with E-state index in [1.54, 1.807) is 4.57 Å². The minimum absolute atomic E-state index is 0.0634.